The fourth-order valence-electron chi connectivity index (χ4n) is 2.12. The molecule has 0 bridgehead atoms. The molecule has 0 aliphatic heterocycles. The Morgan fingerprint density at radius 2 is 2.05 bits per heavy atom. The van der Waals surface area contributed by atoms with Crippen LogP contribution in [0, 0.1) is 12.7 Å². The molecule has 21 heavy (non-hydrogen) atoms. The molecule has 1 aliphatic rings. The summed E-state index contributed by atoms with van der Waals surface area (Å²) in [4.78, 5) is 24.4. The number of rotatable bonds is 4. The van der Waals surface area contributed by atoms with Crippen molar-refractivity contribution in [3.63, 3.8) is 0 Å². The smallest absolute Gasteiger partial charge is 0.308 e. The second-order valence-electron chi connectivity index (χ2n) is 5.24. The van der Waals surface area contributed by atoms with E-state index >= 15 is 0 Å². The third-order valence-electron chi connectivity index (χ3n) is 3.52. The Morgan fingerprint density at radius 3 is 2.67 bits per heavy atom. The number of hydrogen-bond acceptors (Lipinski definition) is 3. The summed E-state index contributed by atoms with van der Waals surface area (Å²) in [6.07, 6.45) is 2.02. The van der Waals surface area contributed by atoms with E-state index in [1.165, 1.54) is 12.1 Å². The molecule has 0 saturated heterocycles. The van der Waals surface area contributed by atoms with Crippen molar-refractivity contribution in [2.24, 2.45) is 0 Å². The van der Waals surface area contributed by atoms with Crippen molar-refractivity contribution in [1.82, 2.24) is 9.88 Å². The summed E-state index contributed by atoms with van der Waals surface area (Å²) in [5.41, 5.74) is 1.49. The van der Waals surface area contributed by atoms with Crippen molar-refractivity contribution >= 4 is 17.2 Å². The van der Waals surface area contributed by atoms with Crippen LogP contribution >= 0.6 is 11.3 Å². The quantitative estimate of drug-likeness (QED) is 0.942. The van der Waals surface area contributed by atoms with Crippen molar-refractivity contribution in [1.29, 1.82) is 0 Å². The van der Waals surface area contributed by atoms with Crippen molar-refractivity contribution in [3.8, 4) is 0 Å². The van der Waals surface area contributed by atoms with Gasteiger partial charge in [0.25, 0.3) is 5.91 Å². The molecule has 6 heteroatoms. The number of thiazole rings is 1. The van der Waals surface area contributed by atoms with Gasteiger partial charge in [0.1, 0.15) is 10.7 Å². The second kappa shape index (κ2) is 5.44. The minimum atomic E-state index is -0.308. The predicted octanol–water partition coefficient (Wildman–Crippen LogP) is 2.30. The first-order valence-electron chi connectivity index (χ1n) is 6.80. The van der Waals surface area contributed by atoms with E-state index in [2.05, 4.69) is 5.32 Å². The number of halogens is 1. The molecule has 1 saturated carbocycles. The normalized spacial score (nSPS) is 14.2. The zero-order chi connectivity index (χ0) is 15.0. The molecular weight excluding hydrogens is 291 g/mol. The number of nitrogens with zero attached hydrogens (tertiary/aromatic N) is 1. The Balaban J connectivity index is 1.85. The SMILES string of the molecule is Cc1c(C(=O)NC2CC2)sc(=O)n1Cc1ccc(F)cc1. The van der Waals surface area contributed by atoms with Gasteiger partial charge in [-0.15, -0.1) is 0 Å². The number of nitrogens with one attached hydrogen (secondary N) is 1. The Kier molecular flexibility index (Phi) is 3.63. The van der Waals surface area contributed by atoms with Crippen molar-refractivity contribution in [3.05, 3.63) is 55.9 Å². The highest BCUT2D eigenvalue weighted by molar-refractivity contribution is 7.11. The van der Waals surface area contributed by atoms with Crippen LogP contribution in [0.25, 0.3) is 0 Å². The molecule has 1 heterocycles. The topological polar surface area (TPSA) is 51.1 Å². The van der Waals surface area contributed by atoms with Crippen LogP contribution < -0.4 is 10.2 Å². The van der Waals surface area contributed by atoms with Gasteiger partial charge in [0.15, 0.2) is 0 Å². The Hall–Kier alpha value is -1.95. The van der Waals surface area contributed by atoms with E-state index in [1.807, 2.05) is 0 Å². The molecule has 2 aromatic rings. The second-order valence-corrected chi connectivity index (χ2v) is 6.20. The van der Waals surface area contributed by atoms with Crippen molar-refractivity contribution in [2.45, 2.75) is 32.4 Å². The van der Waals surface area contributed by atoms with Gasteiger partial charge in [0.05, 0.1) is 6.54 Å². The van der Waals surface area contributed by atoms with E-state index < -0.39 is 0 Å². The van der Waals surface area contributed by atoms with Gasteiger partial charge in [0, 0.05) is 11.7 Å². The maximum atomic E-state index is 12.9. The lowest BCUT2D eigenvalue weighted by Crippen LogP contribution is -2.25. The first kappa shape index (κ1) is 14.0. The molecule has 0 unspecified atom stereocenters. The average molecular weight is 306 g/mol. The lowest BCUT2D eigenvalue weighted by atomic mass is 10.2. The zero-order valence-electron chi connectivity index (χ0n) is 11.6. The van der Waals surface area contributed by atoms with Crippen LogP contribution in [0.2, 0.25) is 0 Å². The molecule has 3 rings (SSSR count). The molecule has 1 aliphatic carbocycles. The monoisotopic (exact) mass is 306 g/mol. The summed E-state index contributed by atoms with van der Waals surface area (Å²) in [6, 6.07) is 6.27. The number of aromatic nitrogens is 1. The standard InChI is InChI=1S/C15H15FN2O2S/c1-9-13(14(19)17-12-6-7-12)21-15(20)18(9)8-10-2-4-11(16)5-3-10/h2-5,12H,6-8H2,1H3,(H,17,19). The van der Waals surface area contributed by atoms with Crippen LogP contribution in [0.1, 0.15) is 33.8 Å². The van der Waals surface area contributed by atoms with Gasteiger partial charge in [0.2, 0.25) is 0 Å². The minimum absolute atomic E-state index is 0.169. The Morgan fingerprint density at radius 1 is 1.38 bits per heavy atom. The maximum absolute atomic E-state index is 12.9. The van der Waals surface area contributed by atoms with Crippen LogP contribution in [0.15, 0.2) is 29.1 Å². The maximum Gasteiger partial charge on any atom is 0.308 e. The van der Waals surface area contributed by atoms with Gasteiger partial charge in [-0.3, -0.25) is 14.2 Å². The van der Waals surface area contributed by atoms with Crippen LogP contribution in [0.3, 0.4) is 0 Å². The van der Waals surface area contributed by atoms with E-state index in [0.717, 1.165) is 29.7 Å². The number of hydrogen-bond donors (Lipinski definition) is 1. The summed E-state index contributed by atoms with van der Waals surface area (Å²) < 4.78 is 14.5. The highest BCUT2D eigenvalue weighted by atomic mass is 32.1. The minimum Gasteiger partial charge on any atom is -0.349 e. The van der Waals surface area contributed by atoms with Gasteiger partial charge in [-0.05, 0) is 37.5 Å². The van der Waals surface area contributed by atoms with Crippen LogP contribution in [0.5, 0.6) is 0 Å². The van der Waals surface area contributed by atoms with Crippen LogP contribution in [-0.2, 0) is 6.54 Å². The van der Waals surface area contributed by atoms with Crippen molar-refractivity contribution < 1.29 is 9.18 Å². The molecule has 4 nitrogen and oxygen atoms in total. The molecule has 1 N–H and O–H groups in total. The summed E-state index contributed by atoms with van der Waals surface area (Å²) in [7, 11) is 0. The Bertz CT molecular complexity index is 729. The van der Waals surface area contributed by atoms with Crippen LogP contribution in [0.4, 0.5) is 4.39 Å². The van der Waals surface area contributed by atoms with E-state index in [0.29, 0.717) is 17.1 Å². The lowest BCUT2D eigenvalue weighted by Gasteiger charge is -2.06. The zero-order valence-corrected chi connectivity index (χ0v) is 12.4. The molecule has 110 valence electrons. The summed E-state index contributed by atoms with van der Waals surface area (Å²) in [5.74, 6) is -0.479. The predicted molar refractivity (Wildman–Crippen MR) is 79.3 cm³/mol. The van der Waals surface area contributed by atoms with Gasteiger partial charge in [-0.25, -0.2) is 4.39 Å². The molecular formula is C15H15FN2O2S. The lowest BCUT2D eigenvalue weighted by molar-refractivity contribution is 0.0954. The fraction of sp³-hybridized carbons (Fsp3) is 0.333. The van der Waals surface area contributed by atoms with E-state index in [9.17, 15) is 14.0 Å². The van der Waals surface area contributed by atoms with Gasteiger partial charge in [-0.2, -0.15) is 0 Å². The largest absolute Gasteiger partial charge is 0.349 e. The van der Waals surface area contributed by atoms with E-state index in [1.54, 1.807) is 23.6 Å². The first-order chi connectivity index (χ1) is 10.0. The number of amides is 1. The third-order valence-corrected chi connectivity index (χ3v) is 4.60. The summed E-state index contributed by atoms with van der Waals surface area (Å²) in [6.45, 7) is 2.11. The molecule has 0 atom stereocenters. The van der Waals surface area contributed by atoms with Gasteiger partial charge in [-0.1, -0.05) is 23.5 Å². The number of carbonyl (C=O) groups is 1. The van der Waals surface area contributed by atoms with E-state index in [-0.39, 0.29) is 22.6 Å². The highest BCUT2D eigenvalue weighted by Gasteiger charge is 2.26. The number of carbonyl (C=O) groups excluding carboxylic acids is 1. The molecule has 1 fully saturated rings. The molecule has 1 amide bonds. The Labute approximate surface area is 125 Å². The highest BCUT2D eigenvalue weighted by Crippen LogP contribution is 2.21. The number of benzene rings is 1. The molecule has 0 radical (unpaired) electrons. The molecule has 0 spiro atoms. The van der Waals surface area contributed by atoms with Gasteiger partial charge >= 0.3 is 4.87 Å². The van der Waals surface area contributed by atoms with Crippen molar-refractivity contribution in [2.75, 3.05) is 0 Å². The molecule has 1 aromatic carbocycles. The fourth-order valence-corrected chi connectivity index (χ4v) is 3.02. The van der Waals surface area contributed by atoms with Gasteiger partial charge < -0.3 is 5.32 Å². The van der Waals surface area contributed by atoms with Crippen LogP contribution in [-0.4, -0.2) is 16.5 Å². The molecule has 1 aromatic heterocycles. The third kappa shape index (κ3) is 3.05. The van der Waals surface area contributed by atoms with E-state index in [4.69, 9.17) is 0 Å². The summed E-state index contributed by atoms with van der Waals surface area (Å²) >= 11 is 0.963. The average Bonchev–Trinajstić information content (AvgIpc) is 3.22. The first-order valence-corrected chi connectivity index (χ1v) is 7.62. The summed E-state index contributed by atoms with van der Waals surface area (Å²) in [5, 5.41) is 2.89.